The summed E-state index contributed by atoms with van der Waals surface area (Å²) in [6, 6.07) is 10.5. The zero-order valence-electron chi connectivity index (χ0n) is 23.3. The van der Waals surface area contributed by atoms with Gasteiger partial charge in [0, 0.05) is 22.2 Å². The molecule has 39 heavy (non-hydrogen) atoms. The maximum Gasteiger partial charge on any atom is 0.416 e. The number of benzene rings is 2. The van der Waals surface area contributed by atoms with Crippen molar-refractivity contribution in [1.82, 2.24) is 4.90 Å². The van der Waals surface area contributed by atoms with E-state index in [-0.39, 0.29) is 27.8 Å². The fourth-order valence-corrected chi connectivity index (χ4v) is 5.95. The minimum Gasteiger partial charge on any atom is -0.298 e. The van der Waals surface area contributed by atoms with E-state index in [0.29, 0.717) is 30.6 Å². The second-order valence-electron chi connectivity index (χ2n) is 11.7. The molecule has 4 nitrogen and oxygen atoms in total. The molecule has 3 rings (SSSR count). The average molecular weight is 563 g/mol. The van der Waals surface area contributed by atoms with Crippen LogP contribution in [0.1, 0.15) is 99.3 Å². The van der Waals surface area contributed by atoms with Crippen LogP contribution in [-0.2, 0) is 11.0 Å². The Labute approximate surface area is 234 Å². The van der Waals surface area contributed by atoms with Gasteiger partial charge in [-0.25, -0.2) is 0 Å². The minimum atomic E-state index is -4.60. The fraction of sp³-hybridized carbons (Fsp3) is 0.516. The van der Waals surface area contributed by atoms with E-state index in [0.717, 1.165) is 49.7 Å². The number of halogens is 4. The lowest BCUT2D eigenvalue weighted by atomic mass is 9.69. The number of nitrogens with zero attached hydrogens (tertiary/aromatic N) is 2. The van der Waals surface area contributed by atoms with Crippen molar-refractivity contribution in [2.75, 3.05) is 7.05 Å². The number of aliphatic imine (C=N–C) groups is 1. The Bertz CT molecular complexity index is 1180. The summed E-state index contributed by atoms with van der Waals surface area (Å²) < 4.78 is 40.6. The summed E-state index contributed by atoms with van der Waals surface area (Å²) in [7, 11) is 1.98. The molecule has 0 N–H and O–H groups in total. The third kappa shape index (κ3) is 7.37. The number of hydrogen-bond acceptors (Lipinski definition) is 4. The largest absolute Gasteiger partial charge is 0.416 e. The monoisotopic (exact) mass is 562 g/mol. The molecule has 1 aliphatic carbocycles. The Morgan fingerprint density at radius 1 is 1.10 bits per heavy atom. The molecule has 0 bridgehead atoms. The van der Waals surface area contributed by atoms with Crippen molar-refractivity contribution < 1.29 is 22.8 Å². The molecule has 8 heteroatoms. The van der Waals surface area contributed by atoms with Crippen LogP contribution < -0.4 is 0 Å². The molecule has 0 aromatic heterocycles. The van der Waals surface area contributed by atoms with E-state index < -0.39 is 17.4 Å². The van der Waals surface area contributed by atoms with Crippen molar-refractivity contribution in [1.29, 1.82) is 0 Å². The Kier molecular flexibility index (Phi) is 9.82. The molecule has 1 aliphatic rings. The summed E-state index contributed by atoms with van der Waals surface area (Å²) in [5, 5.41) is -0.104. The van der Waals surface area contributed by atoms with Gasteiger partial charge in [-0.1, -0.05) is 70.0 Å². The molecule has 2 aromatic rings. The van der Waals surface area contributed by atoms with Crippen molar-refractivity contribution in [2.24, 2.45) is 16.3 Å². The quantitative estimate of drug-likeness (QED) is 0.227. The Balaban J connectivity index is 2.14. The molecule has 0 amide bonds. The highest BCUT2D eigenvalue weighted by Gasteiger charge is 2.44. The number of rotatable bonds is 9. The Morgan fingerprint density at radius 3 is 2.21 bits per heavy atom. The summed E-state index contributed by atoms with van der Waals surface area (Å²) >= 11 is 6.06. The minimum absolute atomic E-state index is 0.0457. The first-order valence-corrected chi connectivity index (χ1v) is 13.8. The van der Waals surface area contributed by atoms with Gasteiger partial charge in [-0.15, -0.1) is 0 Å². The van der Waals surface area contributed by atoms with Crippen LogP contribution >= 0.6 is 11.6 Å². The summed E-state index contributed by atoms with van der Waals surface area (Å²) in [6.07, 6.45) is 1.48. The molecular weight excluding hydrogens is 525 g/mol. The van der Waals surface area contributed by atoms with Crippen LogP contribution in [0.2, 0.25) is 5.02 Å². The van der Waals surface area contributed by atoms with Gasteiger partial charge in [-0.2, -0.15) is 13.2 Å². The number of carbonyl (C=O) groups is 2. The zero-order valence-corrected chi connectivity index (χ0v) is 24.1. The fourth-order valence-electron chi connectivity index (χ4n) is 5.72. The van der Waals surface area contributed by atoms with Crippen molar-refractivity contribution in [3.63, 3.8) is 0 Å². The van der Waals surface area contributed by atoms with E-state index in [4.69, 9.17) is 16.6 Å². The molecule has 1 fully saturated rings. The molecule has 2 aromatic carbocycles. The summed E-state index contributed by atoms with van der Waals surface area (Å²) in [5.41, 5.74) is -0.00991. The van der Waals surface area contributed by atoms with Crippen LogP contribution in [0.25, 0.3) is 0 Å². The van der Waals surface area contributed by atoms with Crippen molar-refractivity contribution in [3.8, 4) is 0 Å². The van der Waals surface area contributed by atoms with Gasteiger partial charge in [0.2, 0.25) is 0 Å². The van der Waals surface area contributed by atoms with Gasteiger partial charge in [0.25, 0.3) is 0 Å². The lowest BCUT2D eigenvalue weighted by Gasteiger charge is -2.49. The molecule has 212 valence electrons. The number of carbonyl (C=O) groups excluding carboxylic acids is 2. The smallest absolute Gasteiger partial charge is 0.298 e. The molecule has 0 saturated heterocycles. The lowest BCUT2D eigenvalue weighted by Crippen LogP contribution is -2.50. The van der Waals surface area contributed by atoms with Crippen LogP contribution in [0.3, 0.4) is 0 Å². The molecule has 1 atom stereocenters. The summed E-state index contributed by atoms with van der Waals surface area (Å²) in [6.45, 7) is 8.74. The Morgan fingerprint density at radius 2 is 1.72 bits per heavy atom. The van der Waals surface area contributed by atoms with E-state index in [9.17, 15) is 22.8 Å². The topological polar surface area (TPSA) is 49.7 Å². The third-order valence-corrected chi connectivity index (χ3v) is 8.33. The highest BCUT2D eigenvalue weighted by Crippen LogP contribution is 2.47. The standard InChI is InChI=1S/C31H38ClF3N2O2/c1-6-7-28(22-10-8-21(19-38)9-11-22)37(5)30(14-12-24(13-15-30)29(2,3)4)36-27(20-39)23-16-25(31(33,34)35)18-26(32)17-23/h8-11,16-20,24,28H,6-7,12-15H2,1-5H3/b36-27+. The van der Waals surface area contributed by atoms with Gasteiger partial charge in [0.15, 0.2) is 6.29 Å². The first kappa shape index (κ1) is 31.0. The van der Waals surface area contributed by atoms with Crippen molar-refractivity contribution in [3.05, 3.63) is 69.7 Å². The van der Waals surface area contributed by atoms with Crippen LogP contribution in [0.5, 0.6) is 0 Å². The predicted molar refractivity (Wildman–Crippen MR) is 150 cm³/mol. The average Bonchev–Trinajstić information content (AvgIpc) is 2.89. The first-order valence-electron chi connectivity index (χ1n) is 13.5. The van der Waals surface area contributed by atoms with Gasteiger partial charge in [-0.05, 0) is 74.2 Å². The van der Waals surface area contributed by atoms with Crippen LogP contribution in [0, 0.1) is 11.3 Å². The highest BCUT2D eigenvalue weighted by molar-refractivity contribution is 6.37. The molecule has 0 radical (unpaired) electrons. The predicted octanol–water partition coefficient (Wildman–Crippen LogP) is 8.57. The van der Waals surface area contributed by atoms with Gasteiger partial charge in [-0.3, -0.25) is 19.5 Å². The van der Waals surface area contributed by atoms with Crippen LogP contribution in [0.15, 0.2) is 47.5 Å². The summed E-state index contributed by atoms with van der Waals surface area (Å²) in [5.74, 6) is 0.452. The zero-order chi connectivity index (χ0) is 29.0. The first-order chi connectivity index (χ1) is 18.2. The molecule has 0 spiro atoms. The number of hydrogen-bond donors (Lipinski definition) is 0. The molecule has 0 aliphatic heterocycles. The van der Waals surface area contributed by atoms with Crippen LogP contribution in [-0.4, -0.2) is 35.9 Å². The maximum absolute atomic E-state index is 13.5. The van der Waals surface area contributed by atoms with Crippen molar-refractivity contribution >= 4 is 29.9 Å². The Hall–Kier alpha value is -2.51. The molecule has 1 unspecified atom stereocenters. The van der Waals surface area contributed by atoms with E-state index in [1.54, 1.807) is 12.1 Å². The maximum atomic E-state index is 13.5. The number of alkyl halides is 3. The lowest BCUT2D eigenvalue weighted by molar-refractivity contribution is -0.137. The third-order valence-electron chi connectivity index (χ3n) is 8.12. The van der Waals surface area contributed by atoms with Gasteiger partial charge in [0.05, 0.1) is 5.56 Å². The van der Waals surface area contributed by atoms with Gasteiger partial charge in [0.1, 0.15) is 17.7 Å². The highest BCUT2D eigenvalue weighted by atomic mass is 35.5. The van der Waals surface area contributed by atoms with Gasteiger partial charge >= 0.3 is 6.18 Å². The van der Waals surface area contributed by atoms with E-state index in [2.05, 4.69) is 32.6 Å². The van der Waals surface area contributed by atoms with Crippen LogP contribution in [0.4, 0.5) is 13.2 Å². The molecular formula is C31H38ClF3N2O2. The summed E-state index contributed by atoms with van der Waals surface area (Å²) in [4.78, 5) is 30.8. The van der Waals surface area contributed by atoms with Gasteiger partial charge < -0.3 is 0 Å². The second-order valence-corrected chi connectivity index (χ2v) is 12.1. The normalized spacial score (nSPS) is 21.6. The van der Waals surface area contributed by atoms with E-state index >= 15 is 0 Å². The number of aldehydes is 2. The van der Waals surface area contributed by atoms with E-state index in [1.165, 1.54) is 6.07 Å². The van der Waals surface area contributed by atoms with Crippen molar-refractivity contribution in [2.45, 2.75) is 84.1 Å². The SMILES string of the molecule is CCCC(c1ccc(C=O)cc1)N(C)C1(/N=C(\C=O)c2cc(Cl)cc(C(F)(F)F)c2)CCC(C(C)(C)C)CC1. The molecule has 0 heterocycles. The molecule has 1 saturated carbocycles. The second kappa shape index (κ2) is 12.3. The van der Waals surface area contributed by atoms with E-state index in [1.807, 2.05) is 19.2 Å².